The lowest BCUT2D eigenvalue weighted by Gasteiger charge is -2.15. The van der Waals surface area contributed by atoms with Crippen LogP contribution < -0.4 is 5.32 Å². The fourth-order valence-corrected chi connectivity index (χ4v) is 1.65. The molecule has 0 saturated heterocycles. The van der Waals surface area contributed by atoms with Crippen molar-refractivity contribution in [1.82, 2.24) is 5.32 Å². The molecule has 0 radical (unpaired) electrons. The van der Waals surface area contributed by atoms with Gasteiger partial charge in [-0.1, -0.05) is 28.1 Å². The lowest BCUT2D eigenvalue weighted by molar-refractivity contribution is 0.445. The van der Waals surface area contributed by atoms with Gasteiger partial charge in [-0.25, -0.2) is 0 Å². The van der Waals surface area contributed by atoms with Gasteiger partial charge in [-0.15, -0.1) is 0 Å². The highest BCUT2D eigenvalue weighted by molar-refractivity contribution is 9.10. The molecular weight excluding hydrogens is 252 g/mol. The van der Waals surface area contributed by atoms with Gasteiger partial charge in [-0.3, -0.25) is 0 Å². The largest absolute Gasteiger partial charge is 0.311 e. The van der Waals surface area contributed by atoms with Crippen LogP contribution >= 0.6 is 15.9 Å². The van der Waals surface area contributed by atoms with Gasteiger partial charge in [-0.05, 0) is 31.5 Å². The van der Waals surface area contributed by atoms with Gasteiger partial charge in [-0.2, -0.15) is 5.26 Å². The maximum absolute atomic E-state index is 8.84. The van der Waals surface area contributed by atoms with Crippen LogP contribution in [0.15, 0.2) is 28.7 Å². The maximum atomic E-state index is 8.84. The molecular formula is C12H15BrN2. The highest BCUT2D eigenvalue weighted by Gasteiger charge is 2.15. The monoisotopic (exact) mass is 266 g/mol. The summed E-state index contributed by atoms with van der Waals surface area (Å²) in [5.74, 6) is 0. The van der Waals surface area contributed by atoms with Gasteiger partial charge in [0, 0.05) is 17.6 Å². The molecule has 0 bridgehead atoms. The quantitative estimate of drug-likeness (QED) is 0.909. The van der Waals surface area contributed by atoms with Crippen molar-refractivity contribution in [3.8, 4) is 6.07 Å². The van der Waals surface area contributed by atoms with Crippen molar-refractivity contribution in [3.05, 3.63) is 34.3 Å². The molecule has 80 valence electrons. The molecule has 0 saturated carbocycles. The van der Waals surface area contributed by atoms with E-state index in [1.165, 1.54) is 5.56 Å². The summed E-state index contributed by atoms with van der Waals surface area (Å²) in [5, 5.41) is 12.1. The first-order chi connectivity index (χ1) is 7.03. The predicted octanol–water partition coefficient (Wildman–Crippen LogP) is 3.09. The molecule has 1 aromatic carbocycles. The van der Waals surface area contributed by atoms with Crippen LogP contribution in [0.4, 0.5) is 0 Å². The van der Waals surface area contributed by atoms with Crippen molar-refractivity contribution < 1.29 is 0 Å². The Bertz CT molecular complexity index is 366. The third kappa shape index (κ3) is 4.46. The van der Waals surface area contributed by atoms with Crippen LogP contribution in [0.1, 0.15) is 19.4 Å². The minimum absolute atomic E-state index is 0.300. The predicted molar refractivity (Wildman–Crippen MR) is 65.2 cm³/mol. The van der Waals surface area contributed by atoms with E-state index in [0.717, 1.165) is 11.0 Å². The Hall–Kier alpha value is -0.850. The Balaban J connectivity index is 2.42. The number of rotatable bonds is 4. The lowest BCUT2D eigenvalue weighted by Crippen LogP contribution is -2.27. The third-order valence-electron chi connectivity index (χ3n) is 2.09. The van der Waals surface area contributed by atoms with Crippen molar-refractivity contribution in [2.45, 2.75) is 20.4 Å². The second-order valence-corrected chi connectivity index (χ2v) is 5.14. The van der Waals surface area contributed by atoms with Gasteiger partial charge >= 0.3 is 0 Å². The average molecular weight is 267 g/mol. The van der Waals surface area contributed by atoms with E-state index in [9.17, 15) is 0 Å². The zero-order valence-corrected chi connectivity index (χ0v) is 10.6. The van der Waals surface area contributed by atoms with Crippen molar-refractivity contribution in [1.29, 1.82) is 5.26 Å². The summed E-state index contributed by atoms with van der Waals surface area (Å²) < 4.78 is 1.08. The molecule has 0 atom stereocenters. The summed E-state index contributed by atoms with van der Waals surface area (Å²) in [6.07, 6.45) is 0. The summed E-state index contributed by atoms with van der Waals surface area (Å²) in [5.41, 5.74) is 0.921. The van der Waals surface area contributed by atoms with Crippen LogP contribution in [0.25, 0.3) is 0 Å². The molecule has 0 spiro atoms. The maximum Gasteiger partial charge on any atom is 0.0697 e. The number of nitrogens with one attached hydrogen (secondary N) is 1. The Morgan fingerprint density at radius 1 is 1.47 bits per heavy atom. The van der Waals surface area contributed by atoms with E-state index < -0.39 is 0 Å². The van der Waals surface area contributed by atoms with Crippen molar-refractivity contribution >= 4 is 15.9 Å². The molecule has 0 aliphatic rings. The van der Waals surface area contributed by atoms with E-state index in [2.05, 4.69) is 39.4 Å². The fourth-order valence-electron chi connectivity index (χ4n) is 1.21. The van der Waals surface area contributed by atoms with E-state index >= 15 is 0 Å². The Morgan fingerprint density at radius 2 is 2.20 bits per heavy atom. The summed E-state index contributed by atoms with van der Waals surface area (Å²) in [7, 11) is 0. The molecule has 3 heteroatoms. The molecule has 0 aliphatic heterocycles. The van der Waals surface area contributed by atoms with Crippen LogP contribution in [-0.2, 0) is 6.54 Å². The van der Waals surface area contributed by atoms with Gasteiger partial charge in [0.1, 0.15) is 0 Å². The molecule has 1 aromatic rings. The number of nitrogens with zero attached hydrogens (tertiary/aromatic N) is 1. The molecule has 0 fully saturated rings. The van der Waals surface area contributed by atoms with Crippen molar-refractivity contribution in [2.24, 2.45) is 5.41 Å². The summed E-state index contributed by atoms with van der Waals surface area (Å²) in [6.45, 7) is 5.36. The first-order valence-electron chi connectivity index (χ1n) is 4.90. The van der Waals surface area contributed by atoms with Crippen LogP contribution in [0.5, 0.6) is 0 Å². The summed E-state index contributed by atoms with van der Waals surface area (Å²) >= 11 is 3.43. The van der Waals surface area contributed by atoms with Crippen LogP contribution in [0.2, 0.25) is 0 Å². The van der Waals surface area contributed by atoms with Gasteiger partial charge < -0.3 is 5.32 Å². The van der Waals surface area contributed by atoms with E-state index in [1.807, 2.05) is 26.0 Å². The topological polar surface area (TPSA) is 35.8 Å². The molecule has 2 nitrogen and oxygen atoms in total. The minimum atomic E-state index is -0.300. The van der Waals surface area contributed by atoms with Gasteiger partial charge in [0.15, 0.2) is 0 Å². The van der Waals surface area contributed by atoms with Crippen molar-refractivity contribution in [3.63, 3.8) is 0 Å². The molecule has 15 heavy (non-hydrogen) atoms. The summed E-state index contributed by atoms with van der Waals surface area (Å²) in [6, 6.07) is 10.4. The zero-order valence-electron chi connectivity index (χ0n) is 9.05. The van der Waals surface area contributed by atoms with E-state index in [0.29, 0.717) is 6.54 Å². The second-order valence-electron chi connectivity index (χ2n) is 4.23. The van der Waals surface area contributed by atoms with Crippen LogP contribution in [-0.4, -0.2) is 6.54 Å². The second kappa shape index (κ2) is 5.29. The van der Waals surface area contributed by atoms with E-state index in [1.54, 1.807) is 0 Å². The van der Waals surface area contributed by atoms with E-state index in [4.69, 9.17) is 5.26 Å². The molecule has 0 heterocycles. The van der Waals surface area contributed by atoms with Gasteiger partial charge in [0.25, 0.3) is 0 Å². The fraction of sp³-hybridized carbons (Fsp3) is 0.417. The zero-order chi connectivity index (χ0) is 11.3. The Labute approximate surface area is 99.4 Å². The molecule has 0 aromatic heterocycles. The highest BCUT2D eigenvalue weighted by atomic mass is 79.9. The molecule has 1 N–H and O–H groups in total. The SMILES string of the molecule is CC(C)(C#N)CNCc1cccc(Br)c1. The average Bonchev–Trinajstić information content (AvgIpc) is 2.18. The Morgan fingerprint density at radius 3 is 2.80 bits per heavy atom. The number of hydrogen-bond acceptors (Lipinski definition) is 2. The highest BCUT2D eigenvalue weighted by Crippen LogP contribution is 2.13. The smallest absolute Gasteiger partial charge is 0.0697 e. The molecule has 0 unspecified atom stereocenters. The van der Waals surface area contributed by atoms with Gasteiger partial charge in [0.05, 0.1) is 11.5 Å². The Kier molecular flexibility index (Phi) is 4.31. The standard InChI is InChI=1S/C12H15BrN2/c1-12(2,8-14)9-15-7-10-4-3-5-11(13)6-10/h3-6,15H,7,9H2,1-2H3. The van der Waals surface area contributed by atoms with Gasteiger partial charge in [0.2, 0.25) is 0 Å². The number of benzene rings is 1. The third-order valence-corrected chi connectivity index (χ3v) is 2.58. The number of nitriles is 1. The first-order valence-corrected chi connectivity index (χ1v) is 5.69. The molecule has 1 rings (SSSR count). The number of halogens is 1. The summed E-state index contributed by atoms with van der Waals surface area (Å²) in [4.78, 5) is 0. The normalized spacial score (nSPS) is 11.1. The minimum Gasteiger partial charge on any atom is -0.311 e. The molecule has 0 aliphatic carbocycles. The van der Waals surface area contributed by atoms with Crippen LogP contribution in [0, 0.1) is 16.7 Å². The molecule has 0 amide bonds. The van der Waals surface area contributed by atoms with Crippen LogP contribution in [0.3, 0.4) is 0 Å². The van der Waals surface area contributed by atoms with E-state index in [-0.39, 0.29) is 5.41 Å². The van der Waals surface area contributed by atoms with Crippen molar-refractivity contribution in [2.75, 3.05) is 6.54 Å². The first kappa shape index (κ1) is 12.2. The number of hydrogen-bond donors (Lipinski definition) is 1. The lowest BCUT2D eigenvalue weighted by atomic mass is 9.96.